The standard InChI is InChI=1S/C13H11BClFO3.2H2/c15-12-7-10(14(17)18)3-6-13(12)19-8-9-1-4-11(16)5-2-9;;/h1-7,17-18H,8H2;2*1H. The normalized spacial score (nSPS) is 10.3. The molecule has 0 saturated carbocycles. The van der Waals surface area contributed by atoms with Gasteiger partial charge in [0.25, 0.3) is 0 Å². The second kappa shape index (κ2) is 6.06. The number of hydrogen-bond donors (Lipinski definition) is 2. The van der Waals surface area contributed by atoms with Crippen molar-refractivity contribution in [3.8, 4) is 5.75 Å². The zero-order valence-corrected chi connectivity index (χ0v) is 10.6. The van der Waals surface area contributed by atoms with Gasteiger partial charge in [-0.1, -0.05) is 29.8 Å². The first-order chi connectivity index (χ1) is 9.06. The van der Waals surface area contributed by atoms with Crippen molar-refractivity contribution >= 4 is 24.2 Å². The lowest BCUT2D eigenvalue weighted by Gasteiger charge is -2.09. The maximum atomic E-state index is 12.7. The Hall–Kier alpha value is -1.56. The van der Waals surface area contributed by atoms with Crippen molar-refractivity contribution < 1.29 is 22.0 Å². The van der Waals surface area contributed by atoms with Gasteiger partial charge in [0, 0.05) is 2.85 Å². The van der Waals surface area contributed by atoms with Crippen LogP contribution in [-0.4, -0.2) is 17.2 Å². The predicted octanol–water partition coefficient (Wildman–Crippen LogP) is 2.23. The van der Waals surface area contributed by atoms with Gasteiger partial charge in [0.1, 0.15) is 18.2 Å². The third-order valence-corrected chi connectivity index (χ3v) is 2.86. The van der Waals surface area contributed by atoms with Crippen molar-refractivity contribution in [1.29, 1.82) is 0 Å². The van der Waals surface area contributed by atoms with Crippen LogP contribution in [0.3, 0.4) is 0 Å². The van der Waals surface area contributed by atoms with E-state index in [2.05, 4.69) is 0 Å². The molecule has 0 heterocycles. The Labute approximate surface area is 118 Å². The van der Waals surface area contributed by atoms with E-state index in [0.717, 1.165) is 5.56 Å². The molecule has 0 amide bonds. The molecule has 0 aliphatic rings. The fraction of sp³-hybridized carbons (Fsp3) is 0.0769. The molecule has 2 rings (SSSR count). The van der Waals surface area contributed by atoms with E-state index in [4.69, 9.17) is 26.4 Å². The minimum atomic E-state index is -1.57. The van der Waals surface area contributed by atoms with Crippen molar-refractivity contribution in [3.05, 3.63) is 58.9 Å². The van der Waals surface area contributed by atoms with Gasteiger partial charge in [-0.05, 0) is 35.3 Å². The van der Waals surface area contributed by atoms with Crippen molar-refractivity contribution in [2.75, 3.05) is 0 Å². The summed E-state index contributed by atoms with van der Waals surface area (Å²) in [7, 11) is -1.57. The molecule has 2 N–H and O–H groups in total. The molecule has 0 bridgehead atoms. The Morgan fingerprint density at radius 2 is 1.84 bits per heavy atom. The predicted molar refractivity (Wildman–Crippen MR) is 76.2 cm³/mol. The second-order valence-electron chi connectivity index (χ2n) is 3.98. The lowest BCUT2D eigenvalue weighted by molar-refractivity contribution is 0.306. The number of rotatable bonds is 4. The van der Waals surface area contributed by atoms with Gasteiger partial charge in [-0.15, -0.1) is 0 Å². The van der Waals surface area contributed by atoms with Crippen LogP contribution >= 0.6 is 11.6 Å². The quantitative estimate of drug-likeness (QED) is 0.847. The van der Waals surface area contributed by atoms with Crippen LogP contribution in [0.4, 0.5) is 4.39 Å². The highest BCUT2D eigenvalue weighted by molar-refractivity contribution is 6.59. The van der Waals surface area contributed by atoms with Crippen LogP contribution in [0.2, 0.25) is 5.02 Å². The first-order valence-corrected chi connectivity index (χ1v) is 5.97. The highest BCUT2D eigenvalue weighted by Gasteiger charge is 2.13. The Kier molecular flexibility index (Phi) is 4.42. The van der Waals surface area contributed by atoms with Crippen LogP contribution in [0, 0.1) is 5.82 Å². The number of ether oxygens (including phenoxy) is 1. The molecule has 0 aliphatic heterocycles. The third-order valence-electron chi connectivity index (χ3n) is 2.56. The fourth-order valence-corrected chi connectivity index (χ4v) is 1.78. The van der Waals surface area contributed by atoms with Gasteiger partial charge >= 0.3 is 7.12 Å². The summed E-state index contributed by atoms with van der Waals surface area (Å²) >= 11 is 5.96. The van der Waals surface area contributed by atoms with Gasteiger partial charge in [-0.3, -0.25) is 0 Å². The molecule has 0 fully saturated rings. The van der Waals surface area contributed by atoms with Crippen LogP contribution < -0.4 is 10.2 Å². The SMILES string of the molecule is OB(O)c1ccc(OCc2ccc(F)cc2)c(Cl)c1.[HH].[HH]. The second-order valence-corrected chi connectivity index (χ2v) is 4.39. The zero-order valence-electron chi connectivity index (χ0n) is 9.88. The first kappa shape index (κ1) is 13.9. The van der Waals surface area contributed by atoms with Gasteiger partial charge in [0.2, 0.25) is 0 Å². The van der Waals surface area contributed by atoms with Crippen LogP contribution in [-0.2, 0) is 6.61 Å². The molecule has 19 heavy (non-hydrogen) atoms. The minimum Gasteiger partial charge on any atom is -0.487 e. The molecule has 2 aromatic carbocycles. The van der Waals surface area contributed by atoms with E-state index in [1.54, 1.807) is 18.2 Å². The maximum absolute atomic E-state index is 12.7. The van der Waals surface area contributed by atoms with E-state index in [1.165, 1.54) is 24.3 Å². The lowest BCUT2D eigenvalue weighted by atomic mass is 9.80. The summed E-state index contributed by atoms with van der Waals surface area (Å²) in [4.78, 5) is 0. The molecule has 0 unspecified atom stereocenters. The highest BCUT2D eigenvalue weighted by atomic mass is 35.5. The summed E-state index contributed by atoms with van der Waals surface area (Å²) in [5.74, 6) is 0.124. The molecular formula is C13H15BClFO3. The molecule has 6 heteroatoms. The van der Waals surface area contributed by atoms with Gasteiger partial charge in [-0.2, -0.15) is 0 Å². The lowest BCUT2D eigenvalue weighted by Crippen LogP contribution is -2.29. The molecule has 0 spiro atoms. The fourth-order valence-electron chi connectivity index (χ4n) is 1.54. The van der Waals surface area contributed by atoms with Gasteiger partial charge in [0.05, 0.1) is 5.02 Å². The smallest absolute Gasteiger partial charge is 0.487 e. The van der Waals surface area contributed by atoms with Crippen molar-refractivity contribution in [2.24, 2.45) is 0 Å². The Morgan fingerprint density at radius 3 is 2.42 bits per heavy atom. The van der Waals surface area contributed by atoms with Crippen LogP contribution in [0.1, 0.15) is 8.42 Å². The van der Waals surface area contributed by atoms with Crippen molar-refractivity contribution in [2.45, 2.75) is 6.61 Å². The highest BCUT2D eigenvalue weighted by Crippen LogP contribution is 2.23. The number of benzene rings is 2. The Balaban J connectivity index is 0.00000200. The number of hydrogen-bond acceptors (Lipinski definition) is 3. The molecule has 0 aliphatic carbocycles. The van der Waals surface area contributed by atoms with E-state index in [-0.39, 0.29) is 20.3 Å². The third kappa shape index (κ3) is 3.70. The van der Waals surface area contributed by atoms with Crippen LogP contribution in [0.25, 0.3) is 0 Å². The minimum absolute atomic E-state index is 0. The average Bonchev–Trinajstić information content (AvgIpc) is 2.39. The topological polar surface area (TPSA) is 49.7 Å². The molecule has 2 aromatic rings. The van der Waals surface area contributed by atoms with E-state index < -0.39 is 7.12 Å². The maximum Gasteiger partial charge on any atom is 0.488 e. The molecule has 0 saturated heterocycles. The molecule has 0 aromatic heterocycles. The monoisotopic (exact) mass is 284 g/mol. The number of halogens is 2. The van der Waals surface area contributed by atoms with Crippen molar-refractivity contribution in [3.63, 3.8) is 0 Å². The van der Waals surface area contributed by atoms with E-state index in [9.17, 15) is 4.39 Å². The molecule has 0 atom stereocenters. The summed E-state index contributed by atoms with van der Waals surface area (Å²) in [5.41, 5.74) is 1.10. The Bertz CT molecular complexity index is 570. The van der Waals surface area contributed by atoms with E-state index >= 15 is 0 Å². The Morgan fingerprint density at radius 1 is 1.16 bits per heavy atom. The van der Waals surface area contributed by atoms with Crippen LogP contribution in [0.15, 0.2) is 42.5 Å². The summed E-state index contributed by atoms with van der Waals surface area (Å²) in [6.07, 6.45) is 0. The summed E-state index contributed by atoms with van der Waals surface area (Å²) < 4.78 is 18.2. The average molecular weight is 285 g/mol. The summed E-state index contributed by atoms with van der Waals surface area (Å²) in [6, 6.07) is 10.4. The van der Waals surface area contributed by atoms with Gasteiger partial charge in [-0.25, -0.2) is 4.39 Å². The summed E-state index contributed by atoms with van der Waals surface area (Å²) in [6.45, 7) is 0.251. The van der Waals surface area contributed by atoms with Gasteiger partial charge in [0.15, 0.2) is 0 Å². The van der Waals surface area contributed by atoms with E-state index in [1.807, 2.05) is 0 Å². The van der Waals surface area contributed by atoms with Crippen molar-refractivity contribution in [1.82, 2.24) is 0 Å². The van der Waals surface area contributed by atoms with Crippen LogP contribution in [0.5, 0.6) is 5.75 Å². The zero-order chi connectivity index (χ0) is 13.8. The molecule has 3 nitrogen and oxygen atoms in total. The molecular weight excluding hydrogens is 269 g/mol. The summed E-state index contributed by atoms with van der Waals surface area (Å²) in [5, 5.41) is 18.3. The van der Waals surface area contributed by atoms with E-state index in [0.29, 0.717) is 11.2 Å². The van der Waals surface area contributed by atoms with Gasteiger partial charge < -0.3 is 14.8 Å². The molecule has 0 radical (unpaired) electrons. The largest absolute Gasteiger partial charge is 0.488 e. The first-order valence-electron chi connectivity index (χ1n) is 5.59. The molecule has 102 valence electrons.